The molecular formula is C18H21F3N2O2. The lowest BCUT2D eigenvalue weighted by molar-refractivity contribution is -0.297. The molecule has 0 aromatic heterocycles. The van der Waals surface area contributed by atoms with Crippen molar-refractivity contribution in [3.05, 3.63) is 35.4 Å². The van der Waals surface area contributed by atoms with Crippen molar-refractivity contribution < 1.29 is 23.1 Å². The lowest BCUT2D eigenvalue weighted by Gasteiger charge is -2.32. The van der Waals surface area contributed by atoms with Crippen LogP contribution in [0.15, 0.2) is 29.4 Å². The molecule has 1 atom stereocenters. The fourth-order valence-corrected chi connectivity index (χ4v) is 3.57. The van der Waals surface area contributed by atoms with Crippen molar-refractivity contribution in [2.75, 3.05) is 0 Å². The Morgan fingerprint density at radius 2 is 1.96 bits per heavy atom. The molecule has 1 saturated carbocycles. The predicted molar refractivity (Wildman–Crippen MR) is 87.0 cm³/mol. The van der Waals surface area contributed by atoms with Gasteiger partial charge in [-0.15, -0.1) is 0 Å². The second kappa shape index (κ2) is 6.44. The van der Waals surface area contributed by atoms with Crippen LogP contribution in [0.25, 0.3) is 0 Å². The lowest BCUT2D eigenvalue weighted by atomic mass is 9.83. The van der Waals surface area contributed by atoms with E-state index in [1.807, 2.05) is 0 Å². The first kappa shape index (κ1) is 17.9. The highest BCUT2D eigenvalue weighted by Gasteiger charge is 2.63. The Hall–Kier alpha value is -1.89. The zero-order valence-electron chi connectivity index (χ0n) is 14.0. The summed E-state index contributed by atoms with van der Waals surface area (Å²) in [6, 6.07) is 6.26. The van der Waals surface area contributed by atoms with Gasteiger partial charge in [-0.05, 0) is 37.8 Å². The minimum absolute atomic E-state index is 0.0799. The smallest absolute Gasteiger partial charge is 0.362 e. The number of rotatable bonds is 2. The number of aryl methyl sites for hydroxylation is 1. The molecule has 1 aromatic rings. The second-order valence-corrected chi connectivity index (χ2v) is 6.90. The zero-order chi connectivity index (χ0) is 18.2. The average molecular weight is 354 g/mol. The molecule has 1 aromatic carbocycles. The van der Waals surface area contributed by atoms with Gasteiger partial charge in [-0.1, -0.05) is 37.0 Å². The van der Waals surface area contributed by atoms with Crippen LogP contribution in [0, 0.1) is 12.8 Å². The van der Waals surface area contributed by atoms with Crippen LogP contribution >= 0.6 is 0 Å². The summed E-state index contributed by atoms with van der Waals surface area (Å²) >= 11 is 0. The van der Waals surface area contributed by atoms with E-state index in [2.05, 4.69) is 5.10 Å². The third kappa shape index (κ3) is 3.29. The molecule has 2 aliphatic rings. The number of nitrogens with zero attached hydrogens (tertiary/aromatic N) is 2. The summed E-state index contributed by atoms with van der Waals surface area (Å²) in [7, 11) is 0. The quantitative estimate of drug-likeness (QED) is 0.872. The fraction of sp³-hybridized carbons (Fsp3) is 0.556. The Kier molecular flexibility index (Phi) is 4.62. The molecule has 1 aliphatic carbocycles. The van der Waals surface area contributed by atoms with Gasteiger partial charge in [0.05, 0.1) is 0 Å². The van der Waals surface area contributed by atoms with Crippen LogP contribution in [0.1, 0.15) is 54.4 Å². The molecule has 25 heavy (non-hydrogen) atoms. The van der Waals surface area contributed by atoms with Crippen LogP contribution in [0.3, 0.4) is 0 Å². The number of carbonyl (C=O) groups is 1. The molecule has 1 heterocycles. The Morgan fingerprint density at radius 3 is 2.56 bits per heavy atom. The molecule has 4 nitrogen and oxygen atoms in total. The number of benzene rings is 1. The van der Waals surface area contributed by atoms with Gasteiger partial charge in [-0.2, -0.15) is 23.3 Å². The van der Waals surface area contributed by atoms with Crippen molar-refractivity contribution >= 4 is 11.6 Å². The van der Waals surface area contributed by atoms with E-state index < -0.39 is 24.2 Å². The van der Waals surface area contributed by atoms with Crippen LogP contribution in [-0.4, -0.2) is 33.6 Å². The molecule has 1 aliphatic heterocycles. The van der Waals surface area contributed by atoms with E-state index in [4.69, 9.17) is 0 Å². The van der Waals surface area contributed by atoms with Crippen molar-refractivity contribution in [1.82, 2.24) is 5.01 Å². The molecule has 0 saturated heterocycles. The fourth-order valence-electron chi connectivity index (χ4n) is 3.57. The number of hydrogen-bond acceptors (Lipinski definition) is 3. The van der Waals surface area contributed by atoms with E-state index >= 15 is 0 Å². The maximum absolute atomic E-state index is 13.6. The number of hydrogen-bond donors (Lipinski definition) is 1. The molecule has 1 fully saturated rings. The minimum Gasteiger partial charge on any atom is -0.362 e. The SMILES string of the molecule is Cc1cccc(C(=O)N2N=C(C3CCCCC3)C[C@]2(O)C(F)(F)F)c1. The molecular weight excluding hydrogens is 333 g/mol. The molecule has 1 amide bonds. The van der Waals surface area contributed by atoms with Crippen LogP contribution in [0.5, 0.6) is 0 Å². The van der Waals surface area contributed by atoms with E-state index in [-0.39, 0.29) is 22.2 Å². The maximum atomic E-state index is 13.6. The van der Waals surface area contributed by atoms with Crippen LogP contribution in [-0.2, 0) is 0 Å². The number of hydrazone groups is 1. The molecule has 136 valence electrons. The number of amides is 1. The van der Waals surface area contributed by atoms with Gasteiger partial charge in [-0.3, -0.25) is 4.79 Å². The van der Waals surface area contributed by atoms with Gasteiger partial charge >= 0.3 is 6.18 Å². The van der Waals surface area contributed by atoms with Crippen molar-refractivity contribution in [3.8, 4) is 0 Å². The highest BCUT2D eigenvalue weighted by Crippen LogP contribution is 2.43. The summed E-state index contributed by atoms with van der Waals surface area (Å²) in [6.07, 6.45) is -1.23. The Morgan fingerprint density at radius 1 is 1.28 bits per heavy atom. The maximum Gasteiger partial charge on any atom is 0.438 e. The third-order valence-electron chi connectivity index (χ3n) is 4.99. The van der Waals surface area contributed by atoms with E-state index in [1.54, 1.807) is 19.1 Å². The van der Waals surface area contributed by atoms with Crippen molar-refractivity contribution in [3.63, 3.8) is 0 Å². The zero-order valence-corrected chi connectivity index (χ0v) is 14.0. The molecule has 3 rings (SSSR count). The first-order chi connectivity index (χ1) is 11.7. The average Bonchev–Trinajstić information content (AvgIpc) is 2.94. The molecule has 1 N–H and O–H groups in total. The standard InChI is InChI=1S/C18H21F3N2O2/c1-12-6-5-9-14(10-12)16(24)23-17(25,18(19,20)21)11-15(22-23)13-7-3-2-4-8-13/h5-6,9-10,13,25H,2-4,7-8,11H2,1H3/t17-/m0/s1. The number of carbonyl (C=O) groups excluding carboxylic acids is 1. The van der Waals surface area contributed by atoms with Gasteiger partial charge in [0.15, 0.2) is 0 Å². The minimum atomic E-state index is -4.98. The monoisotopic (exact) mass is 354 g/mol. The van der Waals surface area contributed by atoms with E-state index in [0.29, 0.717) is 0 Å². The predicted octanol–water partition coefficient (Wildman–Crippen LogP) is 4.03. The Labute approximate surface area is 144 Å². The normalized spacial score (nSPS) is 25.2. The summed E-state index contributed by atoms with van der Waals surface area (Å²) < 4.78 is 40.7. The summed E-state index contributed by atoms with van der Waals surface area (Å²) in [4.78, 5) is 12.6. The topological polar surface area (TPSA) is 52.9 Å². The number of halogens is 3. The van der Waals surface area contributed by atoms with Gasteiger partial charge < -0.3 is 5.11 Å². The number of aliphatic hydroxyl groups is 1. The molecule has 0 bridgehead atoms. The van der Waals surface area contributed by atoms with Gasteiger partial charge in [-0.25, -0.2) is 0 Å². The molecule has 0 unspecified atom stereocenters. The largest absolute Gasteiger partial charge is 0.438 e. The van der Waals surface area contributed by atoms with Crippen LogP contribution < -0.4 is 0 Å². The van der Waals surface area contributed by atoms with Crippen molar-refractivity contribution in [2.45, 2.75) is 57.3 Å². The Balaban J connectivity index is 1.96. The van der Waals surface area contributed by atoms with Crippen molar-refractivity contribution in [1.29, 1.82) is 0 Å². The summed E-state index contributed by atoms with van der Waals surface area (Å²) in [6.45, 7) is 1.74. The van der Waals surface area contributed by atoms with E-state index in [9.17, 15) is 23.1 Å². The van der Waals surface area contributed by atoms with E-state index in [0.717, 1.165) is 37.7 Å². The van der Waals surface area contributed by atoms with Crippen molar-refractivity contribution in [2.24, 2.45) is 11.0 Å². The molecule has 7 heteroatoms. The first-order valence-electron chi connectivity index (χ1n) is 8.50. The second-order valence-electron chi connectivity index (χ2n) is 6.90. The van der Waals surface area contributed by atoms with Crippen LogP contribution in [0.4, 0.5) is 13.2 Å². The van der Waals surface area contributed by atoms with Gasteiger partial charge in [0.25, 0.3) is 11.6 Å². The lowest BCUT2D eigenvalue weighted by Crippen LogP contribution is -2.56. The summed E-state index contributed by atoms with van der Waals surface area (Å²) in [5.74, 6) is -1.03. The Bertz CT molecular complexity index is 696. The van der Waals surface area contributed by atoms with E-state index in [1.165, 1.54) is 12.1 Å². The van der Waals surface area contributed by atoms with Gasteiger partial charge in [0.2, 0.25) is 0 Å². The highest BCUT2D eigenvalue weighted by molar-refractivity contribution is 5.99. The third-order valence-corrected chi connectivity index (χ3v) is 4.99. The molecule has 0 spiro atoms. The van der Waals surface area contributed by atoms with Crippen LogP contribution in [0.2, 0.25) is 0 Å². The molecule has 0 radical (unpaired) electrons. The number of alkyl halides is 3. The van der Waals surface area contributed by atoms with Gasteiger partial charge in [0.1, 0.15) is 0 Å². The van der Waals surface area contributed by atoms with Gasteiger partial charge in [0, 0.05) is 17.7 Å². The first-order valence-corrected chi connectivity index (χ1v) is 8.50. The highest BCUT2D eigenvalue weighted by atomic mass is 19.4. The summed E-state index contributed by atoms with van der Waals surface area (Å²) in [5, 5.41) is 14.6. The summed E-state index contributed by atoms with van der Waals surface area (Å²) in [5.41, 5.74) is -2.17.